The van der Waals surface area contributed by atoms with Crippen LogP contribution in [0.1, 0.15) is 51.4 Å². The summed E-state index contributed by atoms with van der Waals surface area (Å²) >= 11 is 0. The van der Waals surface area contributed by atoms with E-state index in [0.29, 0.717) is 12.5 Å². The highest BCUT2D eigenvalue weighted by molar-refractivity contribution is 7.72. The van der Waals surface area contributed by atoms with Crippen LogP contribution in [0.5, 0.6) is 0 Å². The molecule has 1 rings (SSSR count). The lowest BCUT2D eigenvalue weighted by atomic mass is 10.1. The normalized spacial score (nSPS) is 21.6. The standard InChI is InChI=1S/C12H26O6P2/c13-19(14,11-20(15,16)17)9-7-5-3-1-2-4-6-8-12-10-18-12/h12H,1-11H2,(H,13,14)(H2,15,16,17). The first kappa shape index (κ1) is 18.3. The van der Waals surface area contributed by atoms with Gasteiger partial charge in [0.2, 0.25) is 7.37 Å². The molecule has 3 N–H and O–H groups in total. The van der Waals surface area contributed by atoms with Crippen LogP contribution >= 0.6 is 15.0 Å². The fraction of sp³-hybridized carbons (Fsp3) is 1.00. The number of rotatable bonds is 12. The van der Waals surface area contributed by atoms with Crippen molar-refractivity contribution in [3.05, 3.63) is 0 Å². The van der Waals surface area contributed by atoms with Gasteiger partial charge in [-0.1, -0.05) is 38.5 Å². The Labute approximate surface area is 120 Å². The van der Waals surface area contributed by atoms with E-state index in [1.165, 1.54) is 19.3 Å². The van der Waals surface area contributed by atoms with Crippen LogP contribution in [-0.4, -0.2) is 39.5 Å². The van der Waals surface area contributed by atoms with Crippen LogP contribution < -0.4 is 0 Å². The maximum absolute atomic E-state index is 11.5. The fourth-order valence-corrected chi connectivity index (χ4v) is 5.79. The second-order valence-corrected chi connectivity index (χ2v) is 10.2. The Morgan fingerprint density at radius 3 is 1.90 bits per heavy atom. The molecule has 1 heterocycles. The summed E-state index contributed by atoms with van der Waals surface area (Å²) in [5.74, 6) is -0.886. The molecular weight excluding hydrogens is 302 g/mol. The molecule has 0 aromatic heterocycles. The average Bonchev–Trinajstić information content (AvgIpc) is 3.07. The van der Waals surface area contributed by atoms with Gasteiger partial charge in [-0.2, -0.15) is 0 Å². The Bertz CT molecular complexity index is 363. The van der Waals surface area contributed by atoms with Crippen LogP contribution in [0.4, 0.5) is 0 Å². The molecule has 2 unspecified atom stereocenters. The average molecular weight is 328 g/mol. The molecule has 1 saturated heterocycles. The quantitative estimate of drug-likeness (QED) is 0.289. The zero-order chi connectivity index (χ0) is 15.1. The van der Waals surface area contributed by atoms with Gasteiger partial charge in [-0.15, -0.1) is 0 Å². The van der Waals surface area contributed by atoms with E-state index in [0.717, 1.165) is 32.3 Å². The molecule has 2 atom stereocenters. The Morgan fingerprint density at radius 2 is 1.40 bits per heavy atom. The second-order valence-electron chi connectivity index (χ2n) is 5.59. The van der Waals surface area contributed by atoms with Gasteiger partial charge < -0.3 is 19.4 Å². The number of hydrogen-bond donors (Lipinski definition) is 3. The van der Waals surface area contributed by atoms with E-state index in [-0.39, 0.29) is 6.16 Å². The van der Waals surface area contributed by atoms with Crippen LogP contribution in [-0.2, 0) is 13.9 Å². The molecule has 1 fully saturated rings. The topological polar surface area (TPSA) is 107 Å². The van der Waals surface area contributed by atoms with Gasteiger partial charge in [-0.25, -0.2) is 0 Å². The van der Waals surface area contributed by atoms with Crippen molar-refractivity contribution in [3.63, 3.8) is 0 Å². The van der Waals surface area contributed by atoms with Crippen molar-refractivity contribution >= 4 is 15.0 Å². The third-order valence-electron chi connectivity index (χ3n) is 3.34. The lowest BCUT2D eigenvalue weighted by Gasteiger charge is -2.12. The molecule has 0 radical (unpaired) electrons. The molecular formula is C12H26O6P2. The fourth-order valence-electron chi connectivity index (χ4n) is 2.21. The summed E-state index contributed by atoms with van der Waals surface area (Å²) in [6.45, 7) is 0.926. The van der Waals surface area contributed by atoms with Gasteiger partial charge in [-0.05, 0) is 12.8 Å². The van der Waals surface area contributed by atoms with E-state index < -0.39 is 20.9 Å². The summed E-state index contributed by atoms with van der Waals surface area (Å²) in [5.41, 5.74) is 0. The van der Waals surface area contributed by atoms with Crippen LogP contribution in [0, 0.1) is 0 Å². The predicted octanol–water partition coefficient (Wildman–Crippen LogP) is 2.91. The first-order chi connectivity index (χ1) is 9.29. The number of unbranched alkanes of at least 4 members (excludes halogenated alkanes) is 6. The van der Waals surface area contributed by atoms with Crippen molar-refractivity contribution in [2.45, 2.75) is 57.5 Å². The zero-order valence-electron chi connectivity index (χ0n) is 11.8. The van der Waals surface area contributed by atoms with Gasteiger partial charge in [0.15, 0.2) is 0 Å². The molecule has 1 aliphatic heterocycles. The molecule has 0 aromatic rings. The van der Waals surface area contributed by atoms with Crippen LogP contribution in [0.15, 0.2) is 0 Å². The Kier molecular flexibility index (Phi) is 7.96. The molecule has 0 spiro atoms. The van der Waals surface area contributed by atoms with E-state index in [1.807, 2.05) is 0 Å². The monoisotopic (exact) mass is 328 g/mol. The molecule has 0 saturated carbocycles. The van der Waals surface area contributed by atoms with E-state index in [9.17, 15) is 14.0 Å². The third kappa shape index (κ3) is 11.0. The van der Waals surface area contributed by atoms with E-state index in [4.69, 9.17) is 14.5 Å². The summed E-state index contributed by atoms with van der Waals surface area (Å²) in [6.07, 6.45) is 8.80. The van der Waals surface area contributed by atoms with Crippen LogP contribution in [0.2, 0.25) is 0 Å². The maximum atomic E-state index is 11.5. The minimum Gasteiger partial charge on any atom is -0.373 e. The minimum absolute atomic E-state index is 0.0110. The maximum Gasteiger partial charge on any atom is 0.335 e. The van der Waals surface area contributed by atoms with Crippen molar-refractivity contribution < 1.29 is 28.5 Å². The van der Waals surface area contributed by atoms with E-state index in [2.05, 4.69) is 0 Å². The van der Waals surface area contributed by atoms with Crippen LogP contribution in [0.3, 0.4) is 0 Å². The summed E-state index contributed by atoms with van der Waals surface area (Å²) in [5, 5.41) is 0. The molecule has 0 bridgehead atoms. The second kappa shape index (κ2) is 8.67. The highest BCUT2D eigenvalue weighted by Gasteiger charge is 2.28. The largest absolute Gasteiger partial charge is 0.373 e. The highest BCUT2D eigenvalue weighted by atomic mass is 31.2. The molecule has 20 heavy (non-hydrogen) atoms. The predicted molar refractivity (Wildman–Crippen MR) is 78.3 cm³/mol. The zero-order valence-corrected chi connectivity index (χ0v) is 13.6. The Balaban J connectivity index is 1.90. The Hall–Kier alpha value is 0.300. The molecule has 8 heteroatoms. The molecule has 120 valence electrons. The highest BCUT2D eigenvalue weighted by Crippen LogP contribution is 2.54. The number of ether oxygens (including phenoxy) is 1. The Morgan fingerprint density at radius 1 is 0.900 bits per heavy atom. The molecule has 1 aliphatic rings. The van der Waals surface area contributed by atoms with Crippen molar-refractivity contribution in [1.29, 1.82) is 0 Å². The van der Waals surface area contributed by atoms with Gasteiger partial charge in [-0.3, -0.25) is 9.13 Å². The van der Waals surface area contributed by atoms with Gasteiger partial charge in [0.05, 0.1) is 12.7 Å². The van der Waals surface area contributed by atoms with Gasteiger partial charge in [0.25, 0.3) is 0 Å². The van der Waals surface area contributed by atoms with Gasteiger partial charge in [0, 0.05) is 6.16 Å². The third-order valence-corrected chi connectivity index (χ3v) is 7.60. The van der Waals surface area contributed by atoms with Crippen molar-refractivity contribution in [2.24, 2.45) is 0 Å². The summed E-state index contributed by atoms with van der Waals surface area (Å²) in [6, 6.07) is 0. The number of epoxide rings is 1. The first-order valence-corrected chi connectivity index (χ1v) is 11.1. The lowest BCUT2D eigenvalue weighted by molar-refractivity contribution is 0.375. The minimum atomic E-state index is -4.39. The summed E-state index contributed by atoms with van der Waals surface area (Å²) in [4.78, 5) is 26.8. The summed E-state index contributed by atoms with van der Waals surface area (Å²) in [7, 11) is -8.05. The molecule has 0 aliphatic carbocycles. The lowest BCUT2D eigenvalue weighted by Crippen LogP contribution is -1.96. The SMILES string of the molecule is O=P(O)(O)CP(=O)(O)CCCCCCCCCC1CO1. The van der Waals surface area contributed by atoms with E-state index >= 15 is 0 Å². The first-order valence-electron chi connectivity index (χ1n) is 7.25. The van der Waals surface area contributed by atoms with Crippen LogP contribution in [0.25, 0.3) is 0 Å². The van der Waals surface area contributed by atoms with Gasteiger partial charge in [0.1, 0.15) is 5.90 Å². The molecule has 6 nitrogen and oxygen atoms in total. The number of hydrogen-bond acceptors (Lipinski definition) is 3. The van der Waals surface area contributed by atoms with E-state index in [1.54, 1.807) is 0 Å². The molecule has 0 amide bonds. The molecule has 0 aromatic carbocycles. The smallest absolute Gasteiger partial charge is 0.335 e. The van der Waals surface area contributed by atoms with Crippen molar-refractivity contribution in [1.82, 2.24) is 0 Å². The summed E-state index contributed by atoms with van der Waals surface area (Å²) < 4.78 is 27.3. The van der Waals surface area contributed by atoms with Crippen molar-refractivity contribution in [2.75, 3.05) is 18.7 Å². The van der Waals surface area contributed by atoms with Crippen molar-refractivity contribution in [3.8, 4) is 0 Å². The van der Waals surface area contributed by atoms with Gasteiger partial charge >= 0.3 is 7.60 Å².